The summed E-state index contributed by atoms with van der Waals surface area (Å²) in [6.45, 7) is 8.26. The molecule has 16 heavy (non-hydrogen) atoms. The third-order valence-corrected chi connectivity index (χ3v) is 1.69. The first-order valence-electron chi connectivity index (χ1n) is 5.43. The van der Waals surface area contributed by atoms with Crippen molar-refractivity contribution in [2.45, 2.75) is 45.8 Å². The molecule has 4 heteroatoms. The van der Waals surface area contributed by atoms with Gasteiger partial charge in [0, 0.05) is 25.6 Å². The molecule has 2 N–H and O–H groups in total. The molecular formula is C12H22N2O2. The van der Waals surface area contributed by atoms with Crippen LogP contribution in [0.15, 0.2) is 0 Å². The highest BCUT2D eigenvalue weighted by atomic mass is 16.6. The molecule has 0 aliphatic heterocycles. The lowest BCUT2D eigenvalue weighted by atomic mass is 10.2. The summed E-state index contributed by atoms with van der Waals surface area (Å²) in [7, 11) is 0. The maximum absolute atomic E-state index is 11.8. The van der Waals surface area contributed by atoms with Gasteiger partial charge in [-0.1, -0.05) is 0 Å². The Morgan fingerprint density at radius 2 is 2.12 bits per heavy atom. The summed E-state index contributed by atoms with van der Waals surface area (Å²) in [6.07, 6.45) is 5.32. The summed E-state index contributed by atoms with van der Waals surface area (Å²) in [5.74, 6) is 2.50. The minimum Gasteiger partial charge on any atom is -0.444 e. The summed E-state index contributed by atoms with van der Waals surface area (Å²) in [6, 6.07) is -0.0923. The van der Waals surface area contributed by atoms with Gasteiger partial charge in [-0.2, -0.15) is 0 Å². The zero-order valence-electron chi connectivity index (χ0n) is 10.6. The molecule has 1 amide bonds. The number of nitrogens with two attached hydrogens (primary N) is 1. The van der Waals surface area contributed by atoms with E-state index in [2.05, 4.69) is 5.92 Å². The van der Waals surface area contributed by atoms with E-state index in [1.807, 2.05) is 27.7 Å². The van der Waals surface area contributed by atoms with E-state index in [0.29, 0.717) is 19.5 Å². The number of hydrogen-bond acceptors (Lipinski definition) is 3. The van der Waals surface area contributed by atoms with Crippen molar-refractivity contribution in [3.8, 4) is 12.3 Å². The van der Waals surface area contributed by atoms with E-state index in [9.17, 15) is 4.79 Å². The number of rotatable bonds is 4. The van der Waals surface area contributed by atoms with E-state index in [1.165, 1.54) is 0 Å². The van der Waals surface area contributed by atoms with Crippen LogP contribution in [-0.2, 0) is 4.74 Å². The summed E-state index contributed by atoms with van der Waals surface area (Å²) in [4.78, 5) is 13.3. The molecule has 0 aromatic rings. The number of carbonyl (C=O) groups is 1. The Morgan fingerprint density at radius 3 is 2.50 bits per heavy atom. The van der Waals surface area contributed by atoms with E-state index in [4.69, 9.17) is 16.9 Å². The van der Waals surface area contributed by atoms with Crippen molar-refractivity contribution >= 4 is 6.09 Å². The van der Waals surface area contributed by atoms with Crippen molar-refractivity contribution in [2.24, 2.45) is 5.73 Å². The van der Waals surface area contributed by atoms with Crippen LogP contribution in [-0.4, -0.2) is 35.7 Å². The van der Waals surface area contributed by atoms with Gasteiger partial charge in [-0.3, -0.25) is 0 Å². The van der Waals surface area contributed by atoms with Gasteiger partial charge in [0.25, 0.3) is 0 Å². The molecule has 1 unspecified atom stereocenters. The number of hydrogen-bond donors (Lipinski definition) is 1. The molecule has 0 saturated heterocycles. The highest BCUT2D eigenvalue weighted by Gasteiger charge is 2.22. The van der Waals surface area contributed by atoms with Crippen LogP contribution in [0.5, 0.6) is 0 Å². The second-order valence-electron chi connectivity index (χ2n) is 4.86. The zero-order valence-corrected chi connectivity index (χ0v) is 10.6. The monoisotopic (exact) mass is 226 g/mol. The first-order chi connectivity index (χ1) is 7.26. The van der Waals surface area contributed by atoms with Crippen molar-refractivity contribution in [3.63, 3.8) is 0 Å². The van der Waals surface area contributed by atoms with E-state index >= 15 is 0 Å². The normalized spacial score (nSPS) is 12.8. The molecule has 0 aromatic heterocycles. The summed E-state index contributed by atoms with van der Waals surface area (Å²) < 4.78 is 5.26. The lowest BCUT2D eigenvalue weighted by Crippen LogP contribution is -2.43. The fourth-order valence-corrected chi connectivity index (χ4v) is 1.13. The van der Waals surface area contributed by atoms with Gasteiger partial charge >= 0.3 is 6.09 Å². The molecule has 0 radical (unpaired) electrons. The van der Waals surface area contributed by atoms with Crippen LogP contribution >= 0.6 is 0 Å². The molecule has 0 fully saturated rings. The molecule has 0 heterocycles. The second kappa shape index (κ2) is 6.39. The van der Waals surface area contributed by atoms with Crippen molar-refractivity contribution in [3.05, 3.63) is 0 Å². The van der Waals surface area contributed by atoms with Gasteiger partial charge < -0.3 is 15.4 Å². The minimum atomic E-state index is -0.497. The van der Waals surface area contributed by atoms with Crippen molar-refractivity contribution in [1.29, 1.82) is 0 Å². The van der Waals surface area contributed by atoms with Crippen molar-refractivity contribution in [2.75, 3.05) is 13.1 Å². The second-order valence-corrected chi connectivity index (χ2v) is 4.86. The molecule has 0 aliphatic rings. The van der Waals surface area contributed by atoms with Crippen molar-refractivity contribution < 1.29 is 9.53 Å². The van der Waals surface area contributed by atoms with Gasteiger partial charge in [0.15, 0.2) is 0 Å². The number of carbonyl (C=O) groups excluding carboxylic acids is 1. The number of nitrogens with zero attached hydrogens (tertiary/aromatic N) is 1. The van der Waals surface area contributed by atoms with Gasteiger partial charge in [-0.05, 0) is 27.7 Å². The highest BCUT2D eigenvalue weighted by Crippen LogP contribution is 2.10. The first-order valence-corrected chi connectivity index (χ1v) is 5.43. The van der Waals surface area contributed by atoms with Crippen LogP contribution in [0.4, 0.5) is 4.79 Å². The van der Waals surface area contributed by atoms with Crippen LogP contribution in [0.1, 0.15) is 34.1 Å². The first kappa shape index (κ1) is 14.8. The summed E-state index contributed by atoms with van der Waals surface area (Å²) in [5, 5.41) is 0. The number of ether oxygens (including phenoxy) is 1. The molecule has 0 spiro atoms. The topological polar surface area (TPSA) is 55.6 Å². The molecule has 1 atom stereocenters. The summed E-state index contributed by atoms with van der Waals surface area (Å²) >= 11 is 0. The molecular weight excluding hydrogens is 204 g/mol. The van der Waals surface area contributed by atoms with E-state index in [0.717, 1.165) is 0 Å². The Morgan fingerprint density at radius 1 is 1.56 bits per heavy atom. The van der Waals surface area contributed by atoms with E-state index < -0.39 is 5.60 Å². The fourth-order valence-electron chi connectivity index (χ4n) is 1.13. The fraction of sp³-hybridized carbons (Fsp3) is 0.750. The number of terminal acetylenes is 1. The summed E-state index contributed by atoms with van der Waals surface area (Å²) in [5.41, 5.74) is 5.17. The molecule has 0 aliphatic carbocycles. The van der Waals surface area contributed by atoms with Gasteiger partial charge in [-0.25, -0.2) is 4.79 Å². The average Bonchev–Trinajstić information content (AvgIpc) is 2.08. The Hall–Kier alpha value is -1.21. The van der Waals surface area contributed by atoms with Crippen LogP contribution in [0.3, 0.4) is 0 Å². The van der Waals surface area contributed by atoms with Crippen LogP contribution < -0.4 is 5.73 Å². The molecule has 0 saturated carbocycles. The average molecular weight is 226 g/mol. The SMILES string of the molecule is C#CCCN(CC(C)N)C(=O)OC(C)(C)C. The molecule has 0 rings (SSSR count). The van der Waals surface area contributed by atoms with Crippen LogP contribution in [0.2, 0.25) is 0 Å². The zero-order chi connectivity index (χ0) is 12.8. The minimum absolute atomic E-state index is 0.0923. The molecule has 0 bridgehead atoms. The van der Waals surface area contributed by atoms with E-state index in [-0.39, 0.29) is 12.1 Å². The predicted octanol–water partition coefficient (Wildman–Crippen LogP) is 1.59. The third kappa shape index (κ3) is 7.13. The third-order valence-electron chi connectivity index (χ3n) is 1.69. The van der Waals surface area contributed by atoms with Gasteiger partial charge in [0.2, 0.25) is 0 Å². The van der Waals surface area contributed by atoms with Gasteiger partial charge in [0.1, 0.15) is 5.60 Å². The van der Waals surface area contributed by atoms with Crippen molar-refractivity contribution in [1.82, 2.24) is 4.90 Å². The largest absolute Gasteiger partial charge is 0.444 e. The quantitative estimate of drug-likeness (QED) is 0.741. The van der Waals surface area contributed by atoms with E-state index in [1.54, 1.807) is 4.90 Å². The van der Waals surface area contributed by atoms with Gasteiger partial charge in [-0.15, -0.1) is 12.3 Å². The molecule has 4 nitrogen and oxygen atoms in total. The van der Waals surface area contributed by atoms with Crippen LogP contribution in [0.25, 0.3) is 0 Å². The lowest BCUT2D eigenvalue weighted by Gasteiger charge is -2.28. The maximum atomic E-state index is 11.8. The Bertz CT molecular complexity index is 261. The Kier molecular flexibility index (Phi) is 5.91. The molecule has 92 valence electrons. The molecule has 0 aromatic carbocycles. The predicted molar refractivity (Wildman–Crippen MR) is 64.9 cm³/mol. The van der Waals surface area contributed by atoms with Gasteiger partial charge in [0.05, 0.1) is 0 Å². The standard InChI is InChI=1S/C12H22N2O2/c1-6-7-8-14(9-10(2)13)11(15)16-12(3,4)5/h1,10H,7-9,13H2,2-5H3. The lowest BCUT2D eigenvalue weighted by molar-refractivity contribution is 0.0246. The Balaban J connectivity index is 4.38. The smallest absolute Gasteiger partial charge is 0.410 e. The maximum Gasteiger partial charge on any atom is 0.410 e. The highest BCUT2D eigenvalue weighted by molar-refractivity contribution is 5.68. The number of amides is 1. The Labute approximate surface area is 98.1 Å². The van der Waals surface area contributed by atoms with Crippen LogP contribution in [0, 0.1) is 12.3 Å².